The molecule has 0 saturated heterocycles. The molecular weight excluding hydrogens is 381 g/mol. The summed E-state index contributed by atoms with van der Waals surface area (Å²) in [6, 6.07) is 15.5. The smallest absolute Gasteiger partial charge is 0.251 e. The number of carbonyl (C=O) groups is 1. The van der Waals surface area contributed by atoms with Crippen molar-refractivity contribution < 1.29 is 9.18 Å². The zero-order chi connectivity index (χ0) is 20.9. The molecule has 0 aliphatic carbocycles. The molecule has 1 N–H and O–H groups in total. The largest absolute Gasteiger partial charge is 0.350 e. The molecule has 0 unspecified atom stereocenters. The quantitative estimate of drug-likeness (QED) is 0.507. The third-order valence-corrected chi connectivity index (χ3v) is 4.90. The van der Waals surface area contributed by atoms with Crippen LogP contribution in [0.25, 0.3) is 22.8 Å². The maximum Gasteiger partial charge on any atom is 0.251 e. The lowest BCUT2D eigenvalue weighted by molar-refractivity contribution is 0.0952. The van der Waals surface area contributed by atoms with E-state index >= 15 is 0 Å². The van der Waals surface area contributed by atoms with Crippen molar-refractivity contribution in [3.8, 4) is 22.8 Å². The Bertz CT molecular complexity index is 1130. The molecule has 7 heteroatoms. The van der Waals surface area contributed by atoms with Crippen molar-refractivity contribution in [2.75, 3.05) is 6.54 Å². The van der Waals surface area contributed by atoms with Crippen LogP contribution in [0.2, 0.25) is 0 Å². The van der Waals surface area contributed by atoms with E-state index in [2.05, 4.69) is 26.8 Å². The molecule has 0 spiro atoms. The Morgan fingerprint density at radius 1 is 1.03 bits per heavy atom. The van der Waals surface area contributed by atoms with Gasteiger partial charge in [0.15, 0.2) is 5.82 Å². The fourth-order valence-electron chi connectivity index (χ4n) is 3.37. The van der Waals surface area contributed by atoms with Crippen molar-refractivity contribution >= 4 is 5.91 Å². The summed E-state index contributed by atoms with van der Waals surface area (Å²) in [5.41, 5.74) is 3.19. The van der Waals surface area contributed by atoms with Crippen LogP contribution in [0.4, 0.5) is 4.39 Å². The fraction of sp³-hybridized carbons (Fsp3) is 0.174. The first-order valence-corrected chi connectivity index (χ1v) is 9.83. The van der Waals surface area contributed by atoms with Gasteiger partial charge in [-0.05, 0) is 31.2 Å². The minimum Gasteiger partial charge on any atom is -0.350 e. The Kier molecular flexibility index (Phi) is 5.70. The van der Waals surface area contributed by atoms with Gasteiger partial charge in [0.1, 0.15) is 11.5 Å². The van der Waals surface area contributed by atoms with E-state index in [0.29, 0.717) is 18.7 Å². The SMILES string of the molecule is CCn1ccnc1-c1c(-c2ccccc2)ncn1CCNC(=O)c1ccc(F)cc1. The van der Waals surface area contributed by atoms with E-state index in [1.807, 2.05) is 41.1 Å². The summed E-state index contributed by atoms with van der Waals surface area (Å²) >= 11 is 0. The molecule has 152 valence electrons. The van der Waals surface area contributed by atoms with Gasteiger partial charge in [-0.3, -0.25) is 4.79 Å². The summed E-state index contributed by atoms with van der Waals surface area (Å²) in [4.78, 5) is 21.5. The fourth-order valence-corrected chi connectivity index (χ4v) is 3.37. The number of rotatable bonds is 7. The number of nitrogens with one attached hydrogen (secondary N) is 1. The highest BCUT2D eigenvalue weighted by Crippen LogP contribution is 2.30. The van der Waals surface area contributed by atoms with Gasteiger partial charge in [0.25, 0.3) is 5.91 Å². The normalized spacial score (nSPS) is 10.9. The van der Waals surface area contributed by atoms with E-state index in [-0.39, 0.29) is 11.7 Å². The predicted molar refractivity (Wildman–Crippen MR) is 113 cm³/mol. The molecule has 0 aliphatic rings. The lowest BCUT2D eigenvalue weighted by Crippen LogP contribution is -2.27. The Morgan fingerprint density at radius 3 is 2.53 bits per heavy atom. The van der Waals surface area contributed by atoms with Crippen molar-refractivity contribution in [1.82, 2.24) is 24.4 Å². The number of halogens is 1. The van der Waals surface area contributed by atoms with Gasteiger partial charge in [0.2, 0.25) is 0 Å². The Hall–Kier alpha value is -3.74. The minimum atomic E-state index is -0.366. The minimum absolute atomic E-state index is 0.241. The highest BCUT2D eigenvalue weighted by Gasteiger charge is 2.19. The zero-order valence-electron chi connectivity index (χ0n) is 16.6. The summed E-state index contributed by atoms with van der Waals surface area (Å²) in [6.45, 7) is 3.78. The highest BCUT2D eigenvalue weighted by molar-refractivity contribution is 5.94. The Balaban J connectivity index is 1.58. The number of imidazole rings is 2. The zero-order valence-corrected chi connectivity index (χ0v) is 16.6. The first-order valence-electron chi connectivity index (χ1n) is 9.83. The van der Waals surface area contributed by atoms with E-state index in [1.54, 1.807) is 12.5 Å². The van der Waals surface area contributed by atoms with E-state index in [9.17, 15) is 9.18 Å². The molecule has 4 aromatic rings. The van der Waals surface area contributed by atoms with E-state index in [4.69, 9.17) is 0 Å². The number of hydrogen-bond acceptors (Lipinski definition) is 3. The average Bonchev–Trinajstić information content (AvgIpc) is 3.41. The highest BCUT2D eigenvalue weighted by atomic mass is 19.1. The second kappa shape index (κ2) is 8.73. The number of nitrogens with zero attached hydrogens (tertiary/aromatic N) is 4. The molecule has 1 amide bonds. The summed E-state index contributed by atoms with van der Waals surface area (Å²) in [5, 5.41) is 2.88. The third kappa shape index (κ3) is 4.00. The number of benzene rings is 2. The first-order chi connectivity index (χ1) is 14.7. The molecule has 2 aromatic carbocycles. The van der Waals surface area contributed by atoms with Gasteiger partial charge in [-0.2, -0.15) is 0 Å². The molecule has 2 heterocycles. The molecule has 6 nitrogen and oxygen atoms in total. The van der Waals surface area contributed by atoms with Gasteiger partial charge in [0.05, 0.1) is 12.0 Å². The standard InChI is InChI=1S/C23H22FN5O/c1-2-28-14-12-25-22(28)21-20(17-6-4-3-5-7-17)27-16-29(21)15-13-26-23(30)18-8-10-19(24)11-9-18/h3-12,14,16H,2,13,15H2,1H3,(H,26,30). The molecule has 4 rings (SSSR count). The maximum absolute atomic E-state index is 13.1. The van der Waals surface area contributed by atoms with Crippen LogP contribution in [0.1, 0.15) is 17.3 Å². The summed E-state index contributed by atoms with van der Waals surface area (Å²) < 4.78 is 17.1. The molecule has 0 radical (unpaired) electrons. The van der Waals surface area contributed by atoms with Gasteiger partial charge in [-0.15, -0.1) is 0 Å². The van der Waals surface area contributed by atoms with Crippen LogP contribution in [0.3, 0.4) is 0 Å². The van der Waals surface area contributed by atoms with Crippen LogP contribution in [-0.2, 0) is 13.1 Å². The summed E-state index contributed by atoms with van der Waals surface area (Å²) in [7, 11) is 0. The average molecular weight is 403 g/mol. The van der Waals surface area contributed by atoms with Gasteiger partial charge >= 0.3 is 0 Å². The predicted octanol–water partition coefficient (Wildman–Crippen LogP) is 4.00. The lowest BCUT2D eigenvalue weighted by atomic mass is 10.1. The van der Waals surface area contributed by atoms with E-state index < -0.39 is 0 Å². The van der Waals surface area contributed by atoms with Crippen LogP contribution in [0, 0.1) is 5.82 Å². The molecule has 0 aliphatic heterocycles. The number of aromatic nitrogens is 4. The van der Waals surface area contributed by atoms with Crippen LogP contribution in [-0.4, -0.2) is 31.6 Å². The number of amides is 1. The monoisotopic (exact) mass is 403 g/mol. The topological polar surface area (TPSA) is 64.7 Å². The van der Waals surface area contributed by atoms with Crippen LogP contribution < -0.4 is 5.32 Å². The lowest BCUT2D eigenvalue weighted by Gasteiger charge is -2.12. The number of aryl methyl sites for hydroxylation is 1. The Morgan fingerprint density at radius 2 is 1.80 bits per heavy atom. The van der Waals surface area contributed by atoms with Crippen LogP contribution >= 0.6 is 0 Å². The summed E-state index contributed by atoms with van der Waals surface area (Å²) in [6.07, 6.45) is 5.50. The van der Waals surface area contributed by atoms with Crippen molar-refractivity contribution in [1.29, 1.82) is 0 Å². The van der Waals surface area contributed by atoms with Gasteiger partial charge in [-0.1, -0.05) is 30.3 Å². The van der Waals surface area contributed by atoms with Crippen LogP contribution in [0.15, 0.2) is 73.3 Å². The first kappa shape index (κ1) is 19.6. The van der Waals surface area contributed by atoms with Crippen molar-refractivity contribution in [3.63, 3.8) is 0 Å². The number of carbonyl (C=O) groups excluding carboxylic acids is 1. The molecular formula is C23H22FN5O. The summed E-state index contributed by atoms with van der Waals surface area (Å²) in [5.74, 6) is 0.225. The molecule has 0 saturated carbocycles. The Labute approximate surface area is 174 Å². The number of hydrogen-bond donors (Lipinski definition) is 1. The molecule has 0 bridgehead atoms. The maximum atomic E-state index is 13.1. The van der Waals surface area contributed by atoms with E-state index in [1.165, 1.54) is 24.3 Å². The van der Waals surface area contributed by atoms with Gasteiger partial charge in [0, 0.05) is 43.2 Å². The van der Waals surface area contributed by atoms with Crippen molar-refractivity contribution in [2.45, 2.75) is 20.0 Å². The second-order valence-electron chi connectivity index (χ2n) is 6.80. The van der Waals surface area contributed by atoms with Crippen molar-refractivity contribution in [2.24, 2.45) is 0 Å². The van der Waals surface area contributed by atoms with Gasteiger partial charge in [-0.25, -0.2) is 14.4 Å². The molecule has 30 heavy (non-hydrogen) atoms. The van der Waals surface area contributed by atoms with E-state index in [0.717, 1.165) is 29.3 Å². The molecule has 0 fully saturated rings. The molecule has 0 atom stereocenters. The van der Waals surface area contributed by atoms with Gasteiger partial charge < -0.3 is 14.5 Å². The molecule has 2 aromatic heterocycles. The second-order valence-corrected chi connectivity index (χ2v) is 6.80. The van der Waals surface area contributed by atoms with Crippen LogP contribution in [0.5, 0.6) is 0 Å². The third-order valence-electron chi connectivity index (χ3n) is 4.90. The van der Waals surface area contributed by atoms with Crippen molar-refractivity contribution in [3.05, 3.63) is 84.7 Å².